The third-order valence-corrected chi connectivity index (χ3v) is 5.86. The van der Waals surface area contributed by atoms with E-state index in [-0.39, 0.29) is 5.91 Å². The lowest BCUT2D eigenvalue weighted by Gasteiger charge is -2.35. The molecule has 2 aromatic rings. The third-order valence-electron chi connectivity index (χ3n) is 5.86. The van der Waals surface area contributed by atoms with Crippen LogP contribution in [0.25, 0.3) is 0 Å². The van der Waals surface area contributed by atoms with Crippen molar-refractivity contribution in [2.45, 2.75) is 45.1 Å². The predicted octanol–water partition coefficient (Wildman–Crippen LogP) is 2.90. The second-order valence-electron chi connectivity index (χ2n) is 8.04. The molecule has 0 aromatic carbocycles. The molecule has 1 saturated carbocycles. The molecule has 2 fully saturated rings. The minimum Gasteiger partial charge on any atom is -0.481 e. The lowest BCUT2D eigenvalue weighted by molar-refractivity contribution is 0.0746. The largest absolute Gasteiger partial charge is 0.481 e. The van der Waals surface area contributed by atoms with Gasteiger partial charge in [-0.1, -0.05) is 19.3 Å². The molecule has 0 unspecified atom stereocenters. The highest BCUT2D eigenvalue weighted by Gasteiger charge is 2.24. The maximum atomic E-state index is 12.8. The molecule has 1 amide bonds. The van der Waals surface area contributed by atoms with Crippen LogP contribution >= 0.6 is 0 Å². The molecule has 8 heteroatoms. The minimum absolute atomic E-state index is 0.00308. The van der Waals surface area contributed by atoms with E-state index >= 15 is 0 Å². The molecule has 1 aliphatic heterocycles. The molecule has 0 radical (unpaired) electrons. The van der Waals surface area contributed by atoms with Crippen LogP contribution in [0.15, 0.2) is 24.4 Å². The number of carbonyl (C=O) groups excluding carboxylic acids is 1. The number of hydrogen-bond acceptors (Lipinski definition) is 7. The average molecular weight is 411 g/mol. The Balaban J connectivity index is 1.37. The van der Waals surface area contributed by atoms with Gasteiger partial charge in [0.25, 0.3) is 5.91 Å². The summed E-state index contributed by atoms with van der Waals surface area (Å²) in [4.78, 5) is 30.4. The zero-order valence-electron chi connectivity index (χ0n) is 17.8. The molecular weight excluding hydrogens is 380 g/mol. The summed E-state index contributed by atoms with van der Waals surface area (Å²) in [6.45, 7) is 4.80. The van der Waals surface area contributed by atoms with Gasteiger partial charge < -0.3 is 19.9 Å². The smallest absolute Gasteiger partial charge is 0.255 e. The fraction of sp³-hybridized carbons (Fsp3) is 0.545. The normalized spacial score (nSPS) is 17.7. The minimum atomic E-state index is 0.00308. The highest BCUT2D eigenvalue weighted by atomic mass is 16.5. The Kier molecular flexibility index (Phi) is 6.30. The molecule has 160 valence electrons. The summed E-state index contributed by atoms with van der Waals surface area (Å²) in [5, 5.41) is 3.53. The maximum absolute atomic E-state index is 12.8. The SMILES string of the molecule is COc1ccc(C(=O)N2CCN(c3cc(C)nc(NC4CCCCC4)n3)CC2)cn1. The zero-order valence-corrected chi connectivity index (χ0v) is 17.8. The van der Waals surface area contributed by atoms with E-state index in [0.29, 0.717) is 30.6 Å². The van der Waals surface area contributed by atoms with Crippen LogP contribution < -0.4 is 15.0 Å². The second kappa shape index (κ2) is 9.28. The lowest BCUT2D eigenvalue weighted by atomic mass is 9.96. The summed E-state index contributed by atoms with van der Waals surface area (Å²) < 4.78 is 5.06. The standard InChI is InChI=1S/C22H30N6O2/c1-16-14-19(26-22(24-16)25-18-6-4-3-5-7-18)27-10-12-28(13-11-27)21(29)17-8-9-20(30-2)23-15-17/h8-9,14-15,18H,3-7,10-13H2,1-2H3,(H,24,25,26). The first-order valence-corrected chi connectivity index (χ1v) is 10.8. The van der Waals surface area contributed by atoms with Gasteiger partial charge in [-0.05, 0) is 25.8 Å². The van der Waals surface area contributed by atoms with Gasteiger partial charge in [0.05, 0.1) is 12.7 Å². The predicted molar refractivity (Wildman–Crippen MR) is 116 cm³/mol. The molecule has 30 heavy (non-hydrogen) atoms. The Labute approximate surface area is 177 Å². The average Bonchev–Trinajstić information content (AvgIpc) is 2.79. The van der Waals surface area contributed by atoms with Gasteiger partial charge >= 0.3 is 0 Å². The summed E-state index contributed by atoms with van der Waals surface area (Å²) in [7, 11) is 1.56. The molecule has 0 bridgehead atoms. The van der Waals surface area contributed by atoms with Crippen molar-refractivity contribution < 1.29 is 9.53 Å². The van der Waals surface area contributed by atoms with Crippen molar-refractivity contribution in [3.63, 3.8) is 0 Å². The van der Waals surface area contributed by atoms with Crippen LogP contribution in [0, 0.1) is 6.92 Å². The summed E-state index contributed by atoms with van der Waals surface area (Å²) in [5.74, 6) is 2.16. The van der Waals surface area contributed by atoms with E-state index in [2.05, 4.69) is 20.2 Å². The Morgan fingerprint density at radius 2 is 1.87 bits per heavy atom. The van der Waals surface area contributed by atoms with E-state index in [1.165, 1.54) is 32.1 Å². The van der Waals surface area contributed by atoms with Gasteiger partial charge in [0.2, 0.25) is 11.8 Å². The molecule has 0 atom stereocenters. The van der Waals surface area contributed by atoms with Gasteiger partial charge in [-0.2, -0.15) is 4.98 Å². The Hall–Kier alpha value is -2.90. The topological polar surface area (TPSA) is 83.5 Å². The molecule has 8 nitrogen and oxygen atoms in total. The maximum Gasteiger partial charge on any atom is 0.255 e. The number of carbonyl (C=O) groups is 1. The number of pyridine rings is 1. The van der Waals surface area contributed by atoms with E-state index in [4.69, 9.17) is 9.72 Å². The Bertz CT molecular complexity index is 858. The van der Waals surface area contributed by atoms with Crippen molar-refractivity contribution >= 4 is 17.7 Å². The molecule has 2 aliphatic rings. The van der Waals surface area contributed by atoms with Crippen LogP contribution in [-0.4, -0.2) is 65.1 Å². The number of hydrogen-bond donors (Lipinski definition) is 1. The van der Waals surface area contributed by atoms with Gasteiger partial charge in [-0.15, -0.1) is 0 Å². The van der Waals surface area contributed by atoms with Crippen molar-refractivity contribution in [1.29, 1.82) is 0 Å². The monoisotopic (exact) mass is 410 g/mol. The van der Waals surface area contributed by atoms with Crippen molar-refractivity contribution in [3.05, 3.63) is 35.7 Å². The zero-order chi connectivity index (χ0) is 20.9. The Morgan fingerprint density at radius 3 is 2.53 bits per heavy atom. The third kappa shape index (κ3) is 4.80. The number of rotatable bonds is 5. The molecule has 1 saturated heterocycles. The van der Waals surface area contributed by atoms with E-state index in [9.17, 15) is 4.79 Å². The second-order valence-corrected chi connectivity index (χ2v) is 8.04. The first-order valence-electron chi connectivity index (χ1n) is 10.8. The van der Waals surface area contributed by atoms with Crippen LogP contribution in [0.2, 0.25) is 0 Å². The molecule has 0 spiro atoms. The number of aryl methyl sites for hydroxylation is 1. The first kappa shape index (κ1) is 20.4. The molecule has 3 heterocycles. The summed E-state index contributed by atoms with van der Waals surface area (Å²) in [6, 6.07) is 5.98. The van der Waals surface area contributed by atoms with Crippen LogP contribution in [0.5, 0.6) is 5.88 Å². The molecular formula is C22H30N6O2. The molecule has 1 N–H and O–H groups in total. The fourth-order valence-corrected chi connectivity index (χ4v) is 4.16. The van der Waals surface area contributed by atoms with Crippen molar-refractivity contribution in [2.75, 3.05) is 43.5 Å². The van der Waals surface area contributed by atoms with E-state index in [1.807, 2.05) is 17.9 Å². The van der Waals surface area contributed by atoms with Gasteiger partial charge in [0.15, 0.2) is 0 Å². The fourth-order valence-electron chi connectivity index (χ4n) is 4.16. The molecule has 4 rings (SSSR count). The van der Waals surface area contributed by atoms with Crippen LogP contribution in [0.4, 0.5) is 11.8 Å². The number of ether oxygens (including phenoxy) is 1. The number of methoxy groups -OCH3 is 1. The van der Waals surface area contributed by atoms with Crippen LogP contribution in [-0.2, 0) is 0 Å². The number of nitrogens with zero attached hydrogens (tertiary/aromatic N) is 5. The first-order chi connectivity index (χ1) is 14.6. The highest BCUT2D eigenvalue weighted by Crippen LogP contribution is 2.23. The van der Waals surface area contributed by atoms with Gasteiger partial charge in [-0.25, -0.2) is 9.97 Å². The molecule has 2 aromatic heterocycles. The number of piperazine rings is 1. The molecule has 1 aliphatic carbocycles. The quantitative estimate of drug-likeness (QED) is 0.811. The number of anilines is 2. The van der Waals surface area contributed by atoms with E-state index in [1.54, 1.807) is 25.4 Å². The number of aromatic nitrogens is 3. The van der Waals surface area contributed by atoms with Crippen LogP contribution in [0.1, 0.15) is 48.2 Å². The van der Waals surface area contributed by atoms with E-state index in [0.717, 1.165) is 30.5 Å². The van der Waals surface area contributed by atoms with Gasteiger partial charge in [0, 0.05) is 56.2 Å². The summed E-state index contributed by atoms with van der Waals surface area (Å²) in [5.41, 5.74) is 1.54. The van der Waals surface area contributed by atoms with E-state index < -0.39 is 0 Å². The highest BCUT2D eigenvalue weighted by molar-refractivity contribution is 5.94. The summed E-state index contributed by atoms with van der Waals surface area (Å²) in [6.07, 6.45) is 7.82. The lowest BCUT2D eigenvalue weighted by Crippen LogP contribution is -2.49. The van der Waals surface area contributed by atoms with Gasteiger partial charge in [-0.3, -0.25) is 4.79 Å². The number of amides is 1. The van der Waals surface area contributed by atoms with Gasteiger partial charge in [0.1, 0.15) is 5.82 Å². The number of nitrogens with one attached hydrogen (secondary N) is 1. The van der Waals surface area contributed by atoms with Crippen molar-refractivity contribution in [3.8, 4) is 5.88 Å². The van der Waals surface area contributed by atoms with Crippen molar-refractivity contribution in [2.24, 2.45) is 0 Å². The van der Waals surface area contributed by atoms with Crippen molar-refractivity contribution in [1.82, 2.24) is 19.9 Å². The summed E-state index contributed by atoms with van der Waals surface area (Å²) >= 11 is 0. The Morgan fingerprint density at radius 1 is 1.10 bits per heavy atom. The van der Waals surface area contributed by atoms with Crippen LogP contribution in [0.3, 0.4) is 0 Å².